The Balaban J connectivity index is 2.16. The van der Waals surface area contributed by atoms with Gasteiger partial charge in [0.05, 0.1) is 7.11 Å². The number of ketones is 1. The molecule has 96 valence electrons. The molecule has 0 N–H and O–H groups in total. The Bertz CT molecular complexity index is 443. The number of benzene rings is 1. The van der Waals surface area contributed by atoms with Crippen molar-refractivity contribution < 1.29 is 9.53 Å². The Morgan fingerprint density at radius 1 is 1.33 bits per heavy atom. The molecule has 2 nitrogen and oxygen atoms in total. The van der Waals surface area contributed by atoms with Crippen molar-refractivity contribution in [2.45, 2.75) is 32.6 Å². The van der Waals surface area contributed by atoms with E-state index in [2.05, 4.69) is 6.92 Å². The second-order valence-electron chi connectivity index (χ2n) is 4.88. The van der Waals surface area contributed by atoms with Gasteiger partial charge < -0.3 is 4.74 Å². The fourth-order valence-electron chi connectivity index (χ4n) is 2.41. The molecule has 1 aromatic carbocycles. The summed E-state index contributed by atoms with van der Waals surface area (Å²) in [5.41, 5.74) is 2.06. The topological polar surface area (TPSA) is 26.3 Å². The van der Waals surface area contributed by atoms with Crippen LogP contribution in [0, 0.1) is 5.92 Å². The molecule has 1 aliphatic rings. The van der Waals surface area contributed by atoms with Crippen molar-refractivity contribution in [2.75, 3.05) is 7.11 Å². The zero-order valence-electron chi connectivity index (χ0n) is 11.1. The van der Waals surface area contributed by atoms with Crippen LogP contribution >= 0.6 is 0 Å². The highest BCUT2D eigenvalue weighted by molar-refractivity contribution is 6.00. The van der Waals surface area contributed by atoms with Gasteiger partial charge in [-0.1, -0.05) is 25.5 Å². The number of Topliss-reactive ketones (excluding diaryl/α,β-unsaturated/α-hetero) is 1. The second-order valence-corrected chi connectivity index (χ2v) is 4.88. The van der Waals surface area contributed by atoms with E-state index in [0.717, 1.165) is 36.1 Å². The molecule has 1 atom stereocenters. The van der Waals surface area contributed by atoms with Gasteiger partial charge in [-0.25, -0.2) is 0 Å². The minimum Gasteiger partial charge on any atom is -0.497 e. The van der Waals surface area contributed by atoms with Crippen molar-refractivity contribution in [1.82, 2.24) is 0 Å². The summed E-state index contributed by atoms with van der Waals surface area (Å²) in [6.07, 6.45) is 5.88. The molecule has 0 saturated heterocycles. The number of rotatable bonds is 3. The molecule has 1 aliphatic carbocycles. The van der Waals surface area contributed by atoms with E-state index in [0.29, 0.717) is 18.1 Å². The molecule has 0 spiro atoms. The Labute approximate surface area is 109 Å². The molecule has 0 radical (unpaired) electrons. The monoisotopic (exact) mass is 244 g/mol. The van der Waals surface area contributed by atoms with Crippen molar-refractivity contribution in [1.29, 1.82) is 0 Å². The maximum absolute atomic E-state index is 11.9. The predicted octanol–water partition coefficient (Wildman–Crippen LogP) is 3.86. The fourth-order valence-corrected chi connectivity index (χ4v) is 2.41. The van der Waals surface area contributed by atoms with Gasteiger partial charge >= 0.3 is 0 Å². The molecule has 0 aromatic heterocycles. The normalized spacial score (nSPS) is 22.2. The Kier molecular flexibility index (Phi) is 4.19. The van der Waals surface area contributed by atoms with Crippen molar-refractivity contribution in [3.05, 3.63) is 35.4 Å². The SMILES string of the molecule is CCC1CCC(=O)C(=Cc2ccc(OC)cc2)C1. The van der Waals surface area contributed by atoms with E-state index >= 15 is 0 Å². The summed E-state index contributed by atoms with van der Waals surface area (Å²) in [5.74, 6) is 1.83. The lowest BCUT2D eigenvalue weighted by Gasteiger charge is -2.21. The summed E-state index contributed by atoms with van der Waals surface area (Å²) in [4.78, 5) is 11.9. The lowest BCUT2D eigenvalue weighted by molar-refractivity contribution is -0.116. The smallest absolute Gasteiger partial charge is 0.158 e. The van der Waals surface area contributed by atoms with Crippen LogP contribution in [0.4, 0.5) is 0 Å². The van der Waals surface area contributed by atoms with Gasteiger partial charge in [-0.15, -0.1) is 0 Å². The van der Waals surface area contributed by atoms with E-state index in [1.165, 1.54) is 0 Å². The van der Waals surface area contributed by atoms with Gasteiger partial charge in [0.1, 0.15) is 5.75 Å². The molecule has 2 heteroatoms. The van der Waals surface area contributed by atoms with Crippen LogP contribution in [-0.4, -0.2) is 12.9 Å². The molecule has 1 fully saturated rings. The summed E-state index contributed by atoms with van der Waals surface area (Å²) in [7, 11) is 1.66. The van der Waals surface area contributed by atoms with Gasteiger partial charge in [-0.2, -0.15) is 0 Å². The van der Waals surface area contributed by atoms with Crippen LogP contribution in [0.5, 0.6) is 5.75 Å². The van der Waals surface area contributed by atoms with Gasteiger partial charge in [-0.05, 0) is 48.1 Å². The van der Waals surface area contributed by atoms with Gasteiger partial charge in [0.2, 0.25) is 0 Å². The molecule has 0 bridgehead atoms. The van der Waals surface area contributed by atoms with E-state index in [4.69, 9.17) is 4.74 Å². The number of ether oxygens (including phenoxy) is 1. The quantitative estimate of drug-likeness (QED) is 0.755. The van der Waals surface area contributed by atoms with Gasteiger partial charge in [0.25, 0.3) is 0 Å². The summed E-state index contributed by atoms with van der Waals surface area (Å²) in [6.45, 7) is 2.20. The van der Waals surface area contributed by atoms with E-state index in [1.54, 1.807) is 7.11 Å². The molecule has 0 amide bonds. The number of carbonyl (C=O) groups excluding carboxylic acids is 1. The zero-order valence-corrected chi connectivity index (χ0v) is 11.1. The average molecular weight is 244 g/mol. The summed E-state index contributed by atoms with van der Waals surface area (Å²) in [5, 5.41) is 0. The van der Waals surface area contributed by atoms with Crippen LogP contribution in [0.3, 0.4) is 0 Å². The number of methoxy groups -OCH3 is 1. The first-order valence-corrected chi connectivity index (χ1v) is 6.60. The standard InChI is InChI=1S/C16H20O2/c1-3-12-6-9-16(17)14(10-12)11-13-4-7-15(18-2)8-5-13/h4-5,7-8,11-12H,3,6,9-10H2,1-2H3. The van der Waals surface area contributed by atoms with Crippen molar-refractivity contribution >= 4 is 11.9 Å². The lowest BCUT2D eigenvalue weighted by Crippen LogP contribution is -2.16. The maximum Gasteiger partial charge on any atom is 0.158 e. The summed E-state index contributed by atoms with van der Waals surface area (Å²) >= 11 is 0. The molecule has 1 aromatic rings. The van der Waals surface area contributed by atoms with Gasteiger partial charge in [0, 0.05) is 6.42 Å². The van der Waals surface area contributed by atoms with E-state index in [-0.39, 0.29) is 0 Å². The first kappa shape index (κ1) is 12.9. The third-order valence-electron chi connectivity index (χ3n) is 3.68. The van der Waals surface area contributed by atoms with Crippen molar-refractivity contribution in [2.24, 2.45) is 5.92 Å². The first-order valence-electron chi connectivity index (χ1n) is 6.60. The fraction of sp³-hybridized carbons (Fsp3) is 0.438. The van der Waals surface area contributed by atoms with E-state index in [9.17, 15) is 4.79 Å². The predicted molar refractivity (Wildman–Crippen MR) is 73.6 cm³/mol. The Hall–Kier alpha value is -1.57. The highest BCUT2D eigenvalue weighted by atomic mass is 16.5. The molecule has 2 rings (SSSR count). The third kappa shape index (κ3) is 3.00. The van der Waals surface area contributed by atoms with Gasteiger partial charge in [0.15, 0.2) is 5.78 Å². The van der Waals surface area contributed by atoms with Crippen LogP contribution in [0.25, 0.3) is 6.08 Å². The molecule has 1 saturated carbocycles. The second kappa shape index (κ2) is 5.85. The highest BCUT2D eigenvalue weighted by Crippen LogP contribution is 2.29. The lowest BCUT2D eigenvalue weighted by atomic mass is 9.82. The molecular weight excluding hydrogens is 224 g/mol. The van der Waals surface area contributed by atoms with Gasteiger partial charge in [-0.3, -0.25) is 4.79 Å². The minimum atomic E-state index is 0.315. The molecule has 0 aliphatic heterocycles. The maximum atomic E-state index is 11.9. The van der Waals surface area contributed by atoms with Crippen LogP contribution < -0.4 is 4.74 Å². The summed E-state index contributed by atoms with van der Waals surface area (Å²) in [6, 6.07) is 7.84. The van der Waals surface area contributed by atoms with Crippen LogP contribution in [0.1, 0.15) is 38.2 Å². The third-order valence-corrected chi connectivity index (χ3v) is 3.68. The van der Waals surface area contributed by atoms with E-state index < -0.39 is 0 Å². The van der Waals surface area contributed by atoms with Crippen LogP contribution in [0.15, 0.2) is 29.8 Å². The van der Waals surface area contributed by atoms with E-state index in [1.807, 2.05) is 30.3 Å². The number of carbonyl (C=O) groups is 1. The molecule has 18 heavy (non-hydrogen) atoms. The van der Waals surface area contributed by atoms with Crippen molar-refractivity contribution in [3.8, 4) is 5.75 Å². The molecular formula is C16H20O2. The summed E-state index contributed by atoms with van der Waals surface area (Å²) < 4.78 is 5.13. The largest absolute Gasteiger partial charge is 0.497 e. The highest BCUT2D eigenvalue weighted by Gasteiger charge is 2.21. The van der Waals surface area contributed by atoms with Crippen LogP contribution in [-0.2, 0) is 4.79 Å². The molecule has 1 unspecified atom stereocenters. The number of allylic oxidation sites excluding steroid dienone is 1. The minimum absolute atomic E-state index is 0.315. The average Bonchev–Trinajstić information content (AvgIpc) is 2.42. The van der Waals surface area contributed by atoms with Crippen LogP contribution in [0.2, 0.25) is 0 Å². The number of hydrogen-bond acceptors (Lipinski definition) is 2. The Morgan fingerprint density at radius 2 is 2.06 bits per heavy atom. The number of hydrogen-bond donors (Lipinski definition) is 0. The first-order chi connectivity index (χ1) is 8.72. The Morgan fingerprint density at radius 3 is 2.67 bits per heavy atom. The zero-order chi connectivity index (χ0) is 13.0. The van der Waals surface area contributed by atoms with Crippen molar-refractivity contribution in [3.63, 3.8) is 0 Å². The molecule has 0 heterocycles.